The fourth-order valence-electron chi connectivity index (χ4n) is 1.47. The van der Waals surface area contributed by atoms with E-state index in [1.54, 1.807) is 12.5 Å². The molecule has 15 heavy (non-hydrogen) atoms. The molecule has 0 unspecified atom stereocenters. The summed E-state index contributed by atoms with van der Waals surface area (Å²) in [5.74, 6) is 0. The van der Waals surface area contributed by atoms with Gasteiger partial charge in [0.1, 0.15) is 0 Å². The molecule has 0 fully saturated rings. The third-order valence-electron chi connectivity index (χ3n) is 2.20. The molecule has 1 heterocycles. The van der Waals surface area contributed by atoms with E-state index in [-0.39, 0.29) is 12.3 Å². The van der Waals surface area contributed by atoms with Crippen LogP contribution in [0.4, 0.5) is 0 Å². The lowest BCUT2D eigenvalue weighted by molar-refractivity contribution is 0.357. The summed E-state index contributed by atoms with van der Waals surface area (Å²) in [7, 11) is 0. The molecule has 0 aliphatic carbocycles. The second-order valence-electron chi connectivity index (χ2n) is 3.15. The first-order chi connectivity index (χ1) is 7.33. The third kappa shape index (κ3) is 1.80. The minimum atomic E-state index is -0.259. The number of nitrogens with one attached hydrogen (secondary N) is 2. The molecule has 4 heteroatoms. The van der Waals surface area contributed by atoms with Gasteiger partial charge in [0, 0.05) is 11.1 Å². The van der Waals surface area contributed by atoms with Crippen LogP contribution in [0.5, 0.6) is 0 Å². The molecule has 0 aliphatic rings. The lowest BCUT2D eigenvalue weighted by Gasteiger charge is -2.06. The maximum absolute atomic E-state index is 8.96. The van der Waals surface area contributed by atoms with Crippen molar-refractivity contribution < 1.29 is 5.11 Å². The maximum atomic E-state index is 8.96. The van der Waals surface area contributed by atoms with Crippen molar-refractivity contribution in [3.63, 3.8) is 0 Å². The van der Waals surface area contributed by atoms with Crippen LogP contribution in [-0.2, 0) is 0 Å². The molecule has 76 valence electrons. The fourth-order valence-corrected chi connectivity index (χ4v) is 1.47. The summed E-state index contributed by atoms with van der Waals surface area (Å²) in [6, 6.07) is 7.45. The Kier molecular flexibility index (Phi) is 2.60. The zero-order valence-corrected chi connectivity index (χ0v) is 8.07. The number of benzene rings is 1. The summed E-state index contributed by atoms with van der Waals surface area (Å²) < 4.78 is 0. The molecule has 0 saturated heterocycles. The molecule has 1 aromatic carbocycles. The number of aromatic amines is 1. The maximum Gasteiger partial charge on any atom is 0.0924 e. The second kappa shape index (κ2) is 4.06. The number of hydrogen-bond acceptors (Lipinski definition) is 3. The Labute approximate surface area is 87.1 Å². The number of nitrogens with zero attached hydrogens (tertiary/aromatic N) is 1. The lowest BCUT2D eigenvalue weighted by atomic mass is 10.0. The van der Waals surface area contributed by atoms with Crippen LogP contribution in [0, 0.1) is 5.41 Å². The first-order valence-corrected chi connectivity index (χ1v) is 4.59. The van der Waals surface area contributed by atoms with Gasteiger partial charge in [-0.05, 0) is 0 Å². The number of imidazole rings is 1. The fraction of sp³-hybridized carbons (Fsp3) is 0.0909. The third-order valence-corrected chi connectivity index (χ3v) is 2.20. The Balaban J connectivity index is 2.52. The number of aliphatic hydroxyl groups is 1. The van der Waals surface area contributed by atoms with E-state index in [0.717, 1.165) is 16.8 Å². The van der Waals surface area contributed by atoms with Crippen LogP contribution in [-0.4, -0.2) is 27.4 Å². The minimum Gasteiger partial charge on any atom is -0.390 e. The minimum absolute atomic E-state index is 0.209. The standard InChI is InChI=1S/C11H11N3O/c12-10(6-15)8-3-1-2-4-9(8)11-5-13-7-14-11/h1-5,7,12,15H,6H2,(H,13,14). The van der Waals surface area contributed by atoms with E-state index in [0.29, 0.717) is 0 Å². The van der Waals surface area contributed by atoms with E-state index in [9.17, 15) is 0 Å². The van der Waals surface area contributed by atoms with Gasteiger partial charge in [-0.3, -0.25) is 0 Å². The molecule has 0 amide bonds. The number of aliphatic hydroxyl groups excluding tert-OH is 1. The molecule has 4 nitrogen and oxygen atoms in total. The average molecular weight is 201 g/mol. The molecule has 0 spiro atoms. The Hall–Kier alpha value is -1.94. The van der Waals surface area contributed by atoms with Crippen LogP contribution in [0.2, 0.25) is 0 Å². The van der Waals surface area contributed by atoms with E-state index in [1.165, 1.54) is 0 Å². The molecule has 3 N–H and O–H groups in total. The molecule has 2 rings (SSSR count). The van der Waals surface area contributed by atoms with Gasteiger partial charge in [0.2, 0.25) is 0 Å². The van der Waals surface area contributed by atoms with E-state index < -0.39 is 0 Å². The zero-order valence-electron chi connectivity index (χ0n) is 8.07. The number of aromatic nitrogens is 2. The molecular weight excluding hydrogens is 190 g/mol. The number of rotatable bonds is 3. The van der Waals surface area contributed by atoms with Crippen molar-refractivity contribution in [2.75, 3.05) is 6.61 Å². The van der Waals surface area contributed by atoms with E-state index >= 15 is 0 Å². The first kappa shape index (κ1) is 9.61. The van der Waals surface area contributed by atoms with Crippen molar-refractivity contribution in [3.8, 4) is 11.3 Å². The van der Waals surface area contributed by atoms with Crippen molar-refractivity contribution >= 4 is 5.71 Å². The highest BCUT2D eigenvalue weighted by Crippen LogP contribution is 2.21. The quantitative estimate of drug-likeness (QED) is 0.657. The molecule has 0 radical (unpaired) electrons. The summed E-state index contributed by atoms with van der Waals surface area (Å²) >= 11 is 0. The van der Waals surface area contributed by atoms with E-state index in [2.05, 4.69) is 9.97 Å². The van der Waals surface area contributed by atoms with Crippen LogP contribution in [0.25, 0.3) is 11.3 Å². The normalized spacial score (nSPS) is 10.2. The Morgan fingerprint density at radius 1 is 1.40 bits per heavy atom. The van der Waals surface area contributed by atoms with Crippen molar-refractivity contribution in [3.05, 3.63) is 42.4 Å². The van der Waals surface area contributed by atoms with Crippen LogP contribution in [0.3, 0.4) is 0 Å². The SMILES string of the molecule is N=C(CO)c1ccccc1-c1cnc[nH]1. The molecule has 0 atom stereocenters. The summed E-state index contributed by atoms with van der Waals surface area (Å²) in [5, 5.41) is 16.6. The predicted molar refractivity (Wildman–Crippen MR) is 57.9 cm³/mol. The summed E-state index contributed by atoms with van der Waals surface area (Å²) in [6.07, 6.45) is 3.29. The molecular formula is C11H11N3O. The Morgan fingerprint density at radius 2 is 2.20 bits per heavy atom. The highest BCUT2D eigenvalue weighted by atomic mass is 16.3. The average Bonchev–Trinajstić information content (AvgIpc) is 2.81. The van der Waals surface area contributed by atoms with Gasteiger partial charge in [-0.25, -0.2) is 4.98 Å². The van der Waals surface area contributed by atoms with Crippen LogP contribution >= 0.6 is 0 Å². The first-order valence-electron chi connectivity index (χ1n) is 4.59. The summed E-state index contributed by atoms with van der Waals surface area (Å²) in [5.41, 5.74) is 2.67. The van der Waals surface area contributed by atoms with Gasteiger partial charge in [-0.2, -0.15) is 0 Å². The molecule has 2 aromatic rings. The van der Waals surface area contributed by atoms with Crippen molar-refractivity contribution in [1.82, 2.24) is 9.97 Å². The largest absolute Gasteiger partial charge is 0.390 e. The van der Waals surface area contributed by atoms with Gasteiger partial charge in [-0.15, -0.1) is 0 Å². The van der Waals surface area contributed by atoms with Gasteiger partial charge in [0.15, 0.2) is 0 Å². The van der Waals surface area contributed by atoms with Crippen molar-refractivity contribution in [2.24, 2.45) is 0 Å². The number of H-pyrrole nitrogens is 1. The van der Waals surface area contributed by atoms with Crippen LogP contribution in [0.15, 0.2) is 36.8 Å². The van der Waals surface area contributed by atoms with Gasteiger partial charge < -0.3 is 15.5 Å². The lowest BCUT2D eigenvalue weighted by Crippen LogP contribution is -2.06. The summed E-state index contributed by atoms with van der Waals surface area (Å²) in [6.45, 7) is -0.259. The van der Waals surface area contributed by atoms with Crippen LogP contribution in [0.1, 0.15) is 5.56 Å². The van der Waals surface area contributed by atoms with Crippen molar-refractivity contribution in [1.29, 1.82) is 5.41 Å². The van der Waals surface area contributed by atoms with Gasteiger partial charge in [-0.1, -0.05) is 24.3 Å². The molecule has 0 bridgehead atoms. The monoisotopic (exact) mass is 201 g/mol. The highest BCUT2D eigenvalue weighted by molar-refractivity contribution is 6.04. The van der Waals surface area contributed by atoms with Gasteiger partial charge in [0.25, 0.3) is 0 Å². The number of hydrogen-bond donors (Lipinski definition) is 3. The topological polar surface area (TPSA) is 72.8 Å². The molecule has 1 aromatic heterocycles. The van der Waals surface area contributed by atoms with Gasteiger partial charge >= 0.3 is 0 Å². The zero-order chi connectivity index (χ0) is 10.7. The smallest absolute Gasteiger partial charge is 0.0924 e. The summed E-state index contributed by atoms with van der Waals surface area (Å²) in [4.78, 5) is 6.92. The predicted octanol–water partition coefficient (Wildman–Crippen LogP) is 1.44. The Bertz CT molecular complexity index is 462. The van der Waals surface area contributed by atoms with E-state index in [1.807, 2.05) is 24.3 Å². The van der Waals surface area contributed by atoms with Crippen LogP contribution < -0.4 is 0 Å². The molecule has 0 aliphatic heterocycles. The second-order valence-corrected chi connectivity index (χ2v) is 3.15. The Morgan fingerprint density at radius 3 is 2.87 bits per heavy atom. The molecule has 0 saturated carbocycles. The van der Waals surface area contributed by atoms with Crippen molar-refractivity contribution in [2.45, 2.75) is 0 Å². The van der Waals surface area contributed by atoms with Gasteiger partial charge in [0.05, 0.1) is 30.5 Å². The van der Waals surface area contributed by atoms with E-state index in [4.69, 9.17) is 10.5 Å². The highest BCUT2D eigenvalue weighted by Gasteiger charge is 2.08.